The van der Waals surface area contributed by atoms with Crippen LogP contribution in [-0.4, -0.2) is 24.6 Å². The van der Waals surface area contributed by atoms with Gasteiger partial charge in [-0.25, -0.2) is 0 Å². The van der Waals surface area contributed by atoms with Gasteiger partial charge in [0.2, 0.25) is 0 Å². The molecule has 2 N–H and O–H groups in total. The highest BCUT2D eigenvalue weighted by molar-refractivity contribution is 14.0. The largest absolute Gasteiger partial charge is 0.357 e. The van der Waals surface area contributed by atoms with Crippen molar-refractivity contribution in [2.75, 3.05) is 13.1 Å². The lowest BCUT2D eigenvalue weighted by Gasteiger charge is -2.23. The smallest absolute Gasteiger partial charge is 0.191 e. The lowest BCUT2D eigenvalue weighted by molar-refractivity contribution is 0.501. The number of rotatable bonds is 4. The number of hydrogen-bond acceptors (Lipinski definition) is 2. The summed E-state index contributed by atoms with van der Waals surface area (Å²) in [5.41, 5.74) is 0.0347. The van der Waals surface area contributed by atoms with Gasteiger partial charge in [-0.15, -0.1) is 35.3 Å². The summed E-state index contributed by atoms with van der Waals surface area (Å²) in [6, 6.07) is 4.23. The van der Waals surface area contributed by atoms with Gasteiger partial charge in [-0.1, -0.05) is 0 Å². The number of halogens is 2. The molecule has 1 aromatic heterocycles. The van der Waals surface area contributed by atoms with E-state index >= 15 is 0 Å². The first-order chi connectivity index (χ1) is 8.40. The van der Waals surface area contributed by atoms with Gasteiger partial charge in [0.15, 0.2) is 5.96 Å². The molecule has 6 heteroatoms. The molecule has 0 aliphatic carbocycles. The summed E-state index contributed by atoms with van der Waals surface area (Å²) in [5, 5.41) is 6.65. The predicted molar refractivity (Wildman–Crippen MR) is 100 cm³/mol. The molecule has 0 fully saturated rings. The van der Waals surface area contributed by atoms with E-state index in [-0.39, 0.29) is 29.5 Å². The third-order valence-corrected chi connectivity index (χ3v) is 3.78. The fourth-order valence-corrected chi connectivity index (χ4v) is 2.90. The maximum atomic E-state index is 4.59. The molecule has 0 aromatic carbocycles. The van der Waals surface area contributed by atoms with E-state index in [9.17, 15) is 0 Å². The van der Waals surface area contributed by atoms with E-state index in [1.807, 2.05) is 0 Å². The Hall–Kier alpha value is 0.180. The fourth-order valence-electron chi connectivity index (χ4n) is 1.43. The Morgan fingerprint density at radius 2 is 2.05 bits per heavy atom. The quantitative estimate of drug-likeness (QED) is 0.405. The van der Waals surface area contributed by atoms with Crippen LogP contribution < -0.4 is 10.6 Å². The molecular formula is C13H23BrIN3S. The van der Waals surface area contributed by atoms with Crippen molar-refractivity contribution in [3.63, 3.8) is 0 Å². The van der Waals surface area contributed by atoms with Gasteiger partial charge in [-0.2, -0.15) is 0 Å². The Morgan fingerprint density at radius 1 is 1.37 bits per heavy atom. The molecule has 0 aliphatic rings. The van der Waals surface area contributed by atoms with Crippen LogP contribution in [0.15, 0.2) is 20.9 Å². The SMILES string of the molecule is CCNC(=NCCc1ccc(Br)s1)NC(C)(C)C.I. The van der Waals surface area contributed by atoms with Crippen molar-refractivity contribution in [3.05, 3.63) is 20.8 Å². The maximum Gasteiger partial charge on any atom is 0.191 e. The molecule has 19 heavy (non-hydrogen) atoms. The van der Waals surface area contributed by atoms with Crippen LogP contribution in [0.3, 0.4) is 0 Å². The van der Waals surface area contributed by atoms with Crippen molar-refractivity contribution in [1.29, 1.82) is 0 Å². The molecule has 1 aromatic rings. The zero-order chi connectivity index (χ0) is 13.6. The lowest BCUT2D eigenvalue weighted by Crippen LogP contribution is -2.47. The van der Waals surface area contributed by atoms with Gasteiger partial charge < -0.3 is 10.6 Å². The zero-order valence-electron chi connectivity index (χ0n) is 11.9. The number of thiophene rings is 1. The van der Waals surface area contributed by atoms with Crippen molar-refractivity contribution >= 4 is 57.2 Å². The van der Waals surface area contributed by atoms with Crippen LogP contribution in [0.25, 0.3) is 0 Å². The molecule has 0 radical (unpaired) electrons. The molecule has 0 bridgehead atoms. The van der Waals surface area contributed by atoms with Crippen molar-refractivity contribution in [3.8, 4) is 0 Å². The van der Waals surface area contributed by atoms with Crippen molar-refractivity contribution in [2.45, 2.75) is 39.7 Å². The minimum atomic E-state index is 0. The molecule has 0 amide bonds. The molecule has 1 heterocycles. The first kappa shape index (κ1) is 19.2. The van der Waals surface area contributed by atoms with E-state index in [4.69, 9.17) is 0 Å². The topological polar surface area (TPSA) is 36.4 Å². The first-order valence-electron chi connectivity index (χ1n) is 6.21. The Morgan fingerprint density at radius 3 is 2.53 bits per heavy atom. The average molecular weight is 460 g/mol. The van der Waals surface area contributed by atoms with E-state index in [2.05, 4.69) is 71.4 Å². The molecule has 0 unspecified atom stereocenters. The van der Waals surface area contributed by atoms with Gasteiger partial charge >= 0.3 is 0 Å². The normalized spacial score (nSPS) is 11.9. The molecule has 0 saturated carbocycles. The van der Waals surface area contributed by atoms with Crippen LogP contribution in [0.5, 0.6) is 0 Å². The highest BCUT2D eigenvalue weighted by atomic mass is 127. The average Bonchev–Trinajstić information content (AvgIpc) is 2.62. The summed E-state index contributed by atoms with van der Waals surface area (Å²) < 4.78 is 1.18. The van der Waals surface area contributed by atoms with E-state index in [1.165, 1.54) is 8.66 Å². The Labute approximate surface area is 145 Å². The highest BCUT2D eigenvalue weighted by Crippen LogP contribution is 2.22. The van der Waals surface area contributed by atoms with Crippen LogP contribution in [0.1, 0.15) is 32.6 Å². The van der Waals surface area contributed by atoms with Crippen LogP contribution >= 0.6 is 51.2 Å². The van der Waals surface area contributed by atoms with Crippen LogP contribution in [0.4, 0.5) is 0 Å². The Kier molecular flexibility index (Phi) is 9.26. The van der Waals surface area contributed by atoms with Gasteiger partial charge in [0.25, 0.3) is 0 Å². The summed E-state index contributed by atoms with van der Waals surface area (Å²) in [6.07, 6.45) is 0.983. The van der Waals surface area contributed by atoms with E-state index in [0.29, 0.717) is 0 Å². The molecule has 0 atom stereocenters. The summed E-state index contributed by atoms with van der Waals surface area (Å²) in [6.45, 7) is 10.2. The minimum Gasteiger partial charge on any atom is -0.357 e. The number of nitrogens with one attached hydrogen (secondary N) is 2. The summed E-state index contributed by atoms with van der Waals surface area (Å²) in [5.74, 6) is 0.889. The predicted octanol–water partition coefficient (Wildman–Crippen LogP) is 4.02. The molecule has 0 aliphatic heterocycles. The molecular weight excluding hydrogens is 437 g/mol. The third kappa shape index (κ3) is 8.86. The minimum absolute atomic E-state index is 0. The fraction of sp³-hybridized carbons (Fsp3) is 0.615. The molecule has 110 valence electrons. The number of guanidine groups is 1. The van der Waals surface area contributed by atoms with E-state index < -0.39 is 0 Å². The van der Waals surface area contributed by atoms with Crippen LogP contribution in [-0.2, 0) is 6.42 Å². The van der Waals surface area contributed by atoms with Gasteiger partial charge in [0.1, 0.15) is 0 Å². The second-order valence-corrected chi connectivity index (χ2v) is 7.64. The van der Waals surface area contributed by atoms with Crippen molar-refractivity contribution in [1.82, 2.24) is 10.6 Å². The molecule has 0 saturated heterocycles. The second-order valence-electron chi connectivity index (χ2n) is 5.09. The monoisotopic (exact) mass is 459 g/mol. The molecule has 0 spiro atoms. The molecule has 1 rings (SSSR count). The summed E-state index contributed by atoms with van der Waals surface area (Å²) >= 11 is 5.25. The van der Waals surface area contributed by atoms with Gasteiger partial charge in [0.05, 0.1) is 3.79 Å². The summed E-state index contributed by atoms with van der Waals surface area (Å²) in [7, 11) is 0. The van der Waals surface area contributed by atoms with E-state index in [0.717, 1.165) is 25.5 Å². The standard InChI is InChI=1S/C13H22BrN3S.HI/c1-5-15-12(17-13(2,3)4)16-9-8-10-6-7-11(14)18-10;/h6-7H,5,8-9H2,1-4H3,(H2,15,16,17);1H. The number of nitrogens with zero attached hydrogens (tertiary/aromatic N) is 1. The lowest BCUT2D eigenvalue weighted by atomic mass is 10.1. The molecule has 3 nitrogen and oxygen atoms in total. The van der Waals surface area contributed by atoms with Crippen molar-refractivity contribution in [2.24, 2.45) is 4.99 Å². The first-order valence-corrected chi connectivity index (χ1v) is 7.82. The van der Waals surface area contributed by atoms with Crippen LogP contribution in [0.2, 0.25) is 0 Å². The van der Waals surface area contributed by atoms with Gasteiger partial charge in [-0.05, 0) is 55.8 Å². The second kappa shape index (κ2) is 9.18. The number of aliphatic imine (C=N–C) groups is 1. The van der Waals surface area contributed by atoms with E-state index in [1.54, 1.807) is 11.3 Å². The maximum absolute atomic E-state index is 4.59. The third-order valence-electron chi connectivity index (χ3n) is 2.09. The van der Waals surface area contributed by atoms with Gasteiger partial charge in [0, 0.05) is 29.9 Å². The van der Waals surface area contributed by atoms with Crippen molar-refractivity contribution < 1.29 is 0 Å². The highest BCUT2D eigenvalue weighted by Gasteiger charge is 2.11. The van der Waals surface area contributed by atoms with Crippen LogP contribution in [0, 0.1) is 0 Å². The summed E-state index contributed by atoms with van der Waals surface area (Å²) in [4.78, 5) is 5.95. The number of hydrogen-bond donors (Lipinski definition) is 2. The zero-order valence-corrected chi connectivity index (χ0v) is 16.7. The Bertz CT molecular complexity index is 399. The van der Waals surface area contributed by atoms with Gasteiger partial charge in [-0.3, -0.25) is 4.99 Å². The Balaban J connectivity index is 0.00000324.